The van der Waals surface area contributed by atoms with Gasteiger partial charge in [-0.2, -0.15) is 0 Å². The lowest BCUT2D eigenvalue weighted by Crippen LogP contribution is -2.19. The number of benzene rings is 2. The normalized spacial score (nSPS) is 12.4. The van der Waals surface area contributed by atoms with Crippen LogP contribution in [0.5, 0.6) is 0 Å². The predicted octanol–water partition coefficient (Wildman–Crippen LogP) is 6.21. The summed E-state index contributed by atoms with van der Waals surface area (Å²) in [6.45, 7) is 5.37. The van der Waals surface area contributed by atoms with E-state index in [4.69, 9.17) is 23.2 Å². The highest BCUT2D eigenvalue weighted by atomic mass is 35.5. The summed E-state index contributed by atoms with van der Waals surface area (Å²) in [5, 5.41) is 4.96. The van der Waals surface area contributed by atoms with Gasteiger partial charge in [0.2, 0.25) is 0 Å². The second-order valence-electron chi connectivity index (χ2n) is 4.89. The van der Waals surface area contributed by atoms with Gasteiger partial charge in [-0.3, -0.25) is 0 Å². The molecule has 0 radical (unpaired) electrons. The Hall–Kier alpha value is -0.670. The molecule has 0 spiro atoms. The molecule has 0 aliphatic carbocycles. The lowest BCUT2D eigenvalue weighted by Gasteiger charge is -2.17. The largest absolute Gasteiger partial charge is 0.310 e. The molecule has 2 aromatic rings. The molecule has 1 unspecified atom stereocenters. The zero-order chi connectivity index (χ0) is 15.2. The van der Waals surface area contributed by atoms with Gasteiger partial charge in [-0.15, -0.1) is 0 Å². The van der Waals surface area contributed by atoms with E-state index in [2.05, 4.69) is 43.4 Å². The van der Waals surface area contributed by atoms with Crippen molar-refractivity contribution in [2.75, 3.05) is 6.54 Å². The first kappa shape index (κ1) is 16.7. The molecule has 4 heteroatoms. The van der Waals surface area contributed by atoms with Gasteiger partial charge in [-0.1, -0.05) is 60.1 Å². The standard InChI is InChI=1S/C17H19Cl2NS/c1-3-10-20-12(2)14-6-4-5-7-16(14)21-17-11-13(18)8-9-15(17)19/h4-9,11-12,20H,3,10H2,1-2H3. The number of halogens is 2. The molecule has 112 valence electrons. The molecule has 0 aromatic heterocycles. The molecule has 1 nitrogen and oxygen atoms in total. The Balaban J connectivity index is 2.25. The van der Waals surface area contributed by atoms with Crippen LogP contribution in [0.1, 0.15) is 31.9 Å². The van der Waals surface area contributed by atoms with E-state index in [1.165, 1.54) is 10.5 Å². The third kappa shape index (κ3) is 4.65. The fourth-order valence-corrected chi connectivity index (χ4v) is 3.64. The first-order valence-corrected chi connectivity index (χ1v) is 8.64. The fraction of sp³-hybridized carbons (Fsp3) is 0.294. The van der Waals surface area contributed by atoms with E-state index in [0.717, 1.165) is 22.9 Å². The van der Waals surface area contributed by atoms with E-state index < -0.39 is 0 Å². The van der Waals surface area contributed by atoms with Gasteiger partial charge in [0.25, 0.3) is 0 Å². The summed E-state index contributed by atoms with van der Waals surface area (Å²) in [7, 11) is 0. The van der Waals surface area contributed by atoms with Gasteiger partial charge in [0.05, 0.1) is 5.02 Å². The molecule has 0 fully saturated rings. The topological polar surface area (TPSA) is 12.0 Å². The highest BCUT2D eigenvalue weighted by molar-refractivity contribution is 7.99. The Bertz CT molecular complexity index is 601. The molecule has 0 saturated carbocycles. The predicted molar refractivity (Wildman–Crippen MR) is 93.7 cm³/mol. The van der Waals surface area contributed by atoms with E-state index in [9.17, 15) is 0 Å². The maximum Gasteiger partial charge on any atom is 0.0546 e. The van der Waals surface area contributed by atoms with Crippen molar-refractivity contribution >= 4 is 35.0 Å². The zero-order valence-electron chi connectivity index (χ0n) is 12.2. The third-order valence-electron chi connectivity index (χ3n) is 3.20. The SMILES string of the molecule is CCCNC(C)c1ccccc1Sc1cc(Cl)ccc1Cl. The molecule has 0 amide bonds. The van der Waals surface area contributed by atoms with Crippen molar-refractivity contribution in [2.45, 2.75) is 36.1 Å². The molecule has 2 aromatic carbocycles. The minimum absolute atomic E-state index is 0.312. The maximum absolute atomic E-state index is 6.27. The van der Waals surface area contributed by atoms with Crippen LogP contribution in [0, 0.1) is 0 Å². The van der Waals surface area contributed by atoms with Gasteiger partial charge in [0.1, 0.15) is 0 Å². The molecule has 1 atom stereocenters. The lowest BCUT2D eigenvalue weighted by molar-refractivity contribution is 0.564. The Morgan fingerprint density at radius 2 is 1.86 bits per heavy atom. The summed E-state index contributed by atoms with van der Waals surface area (Å²) in [5.74, 6) is 0. The van der Waals surface area contributed by atoms with Crippen LogP contribution >= 0.6 is 35.0 Å². The molecule has 0 heterocycles. The Kier molecular flexibility index (Phi) is 6.43. The number of hydrogen-bond acceptors (Lipinski definition) is 2. The van der Waals surface area contributed by atoms with Crippen LogP contribution in [-0.4, -0.2) is 6.54 Å². The fourth-order valence-electron chi connectivity index (χ4n) is 2.08. The van der Waals surface area contributed by atoms with Crippen LogP contribution < -0.4 is 5.32 Å². The summed E-state index contributed by atoms with van der Waals surface area (Å²) in [5.41, 5.74) is 1.28. The molecular formula is C17H19Cl2NS. The van der Waals surface area contributed by atoms with E-state index in [0.29, 0.717) is 11.1 Å². The molecule has 2 rings (SSSR count). The number of nitrogens with one attached hydrogen (secondary N) is 1. The summed E-state index contributed by atoms with van der Waals surface area (Å²) in [6.07, 6.45) is 1.12. The smallest absolute Gasteiger partial charge is 0.0546 e. The van der Waals surface area contributed by atoms with E-state index in [-0.39, 0.29) is 0 Å². The lowest BCUT2D eigenvalue weighted by atomic mass is 10.1. The third-order valence-corrected chi connectivity index (χ3v) is 5.03. The molecule has 0 aliphatic rings. The Morgan fingerprint density at radius 3 is 2.62 bits per heavy atom. The summed E-state index contributed by atoms with van der Waals surface area (Å²) < 4.78 is 0. The van der Waals surface area contributed by atoms with Crippen molar-refractivity contribution < 1.29 is 0 Å². The van der Waals surface area contributed by atoms with E-state index >= 15 is 0 Å². The van der Waals surface area contributed by atoms with Gasteiger partial charge < -0.3 is 5.32 Å². The highest BCUT2D eigenvalue weighted by Crippen LogP contribution is 2.38. The second-order valence-corrected chi connectivity index (χ2v) is 6.82. The second kappa shape index (κ2) is 8.09. The van der Waals surface area contributed by atoms with Crippen LogP contribution in [0.2, 0.25) is 10.0 Å². The van der Waals surface area contributed by atoms with Crippen LogP contribution in [0.25, 0.3) is 0 Å². The Morgan fingerprint density at radius 1 is 1.10 bits per heavy atom. The quantitative estimate of drug-likeness (QED) is 0.671. The van der Waals surface area contributed by atoms with Gasteiger partial charge in [-0.25, -0.2) is 0 Å². The first-order valence-electron chi connectivity index (χ1n) is 7.07. The van der Waals surface area contributed by atoms with Crippen molar-refractivity contribution in [1.82, 2.24) is 5.32 Å². The van der Waals surface area contributed by atoms with Crippen LogP contribution in [-0.2, 0) is 0 Å². The summed E-state index contributed by atoms with van der Waals surface area (Å²) in [4.78, 5) is 2.19. The minimum Gasteiger partial charge on any atom is -0.310 e. The van der Waals surface area contributed by atoms with Crippen LogP contribution in [0.3, 0.4) is 0 Å². The van der Waals surface area contributed by atoms with Gasteiger partial charge in [0, 0.05) is 20.9 Å². The van der Waals surface area contributed by atoms with Crippen LogP contribution in [0.15, 0.2) is 52.3 Å². The van der Waals surface area contributed by atoms with Crippen molar-refractivity contribution in [3.63, 3.8) is 0 Å². The molecule has 0 bridgehead atoms. The Labute approximate surface area is 141 Å². The van der Waals surface area contributed by atoms with Crippen molar-refractivity contribution in [3.8, 4) is 0 Å². The van der Waals surface area contributed by atoms with Crippen molar-refractivity contribution in [1.29, 1.82) is 0 Å². The summed E-state index contributed by atoms with van der Waals surface area (Å²) >= 11 is 14.0. The van der Waals surface area contributed by atoms with Crippen molar-refractivity contribution in [3.05, 3.63) is 58.1 Å². The minimum atomic E-state index is 0.312. The maximum atomic E-state index is 6.27. The van der Waals surface area contributed by atoms with Gasteiger partial charge in [0.15, 0.2) is 0 Å². The molecule has 21 heavy (non-hydrogen) atoms. The van der Waals surface area contributed by atoms with Crippen molar-refractivity contribution in [2.24, 2.45) is 0 Å². The van der Waals surface area contributed by atoms with Crippen LogP contribution in [0.4, 0.5) is 0 Å². The highest BCUT2D eigenvalue weighted by Gasteiger charge is 2.12. The zero-order valence-corrected chi connectivity index (χ0v) is 14.5. The van der Waals surface area contributed by atoms with E-state index in [1.807, 2.05) is 18.2 Å². The molecule has 0 saturated heterocycles. The molecule has 0 aliphatic heterocycles. The average Bonchev–Trinajstić information content (AvgIpc) is 2.49. The van der Waals surface area contributed by atoms with Gasteiger partial charge in [-0.05, 0) is 49.7 Å². The number of rotatable bonds is 6. The first-order chi connectivity index (χ1) is 10.1. The average molecular weight is 340 g/mol. The monoisotopic (exact) mass is 339 g/mol. The molecular weight excluding hydrogens is 321 g/mol. The number of hydrogen-bond donors (Lipinski definition) is 1. The summed E-state index contributed by atoms with van der Waals surface area (Å²) in [6, 6.07) is 14.3. The molecule has 1 N–H and O–H groups in total. The van der Waals surface area contributed by atoms with E-state index in [1.54, 1.807) is 11.8 Å². The van der Waals surface area contributed by atoms with Gasteiger partial charge >= 0.3 is 0 Å².